The summed E-state index contributed by atoms with van der Waals surface area (Å²) in [6.07, 6.45) is 9.11. The zero-order chi connectivity index (χ0) is 15.6. The van der Waals surface area contributed by atoms with Gasteiger partial charge in [0, 0.05) is 31.8 Å². The number of carbonyl (C=O) groups is 2. The first-order valence-corrected chi connectivity index (χ1v) is 9.90. The van der Waals surface area contributed by atoms with E-state index >= 15 is 0 Å². The molecule has 2 N–H and O–H groups in total. The van der Waals surface area contributed by atoms with Gasteiger partial charge in [0.25, 0.3) is 0 Å². The molecule has 0 aromatic heterocycles. The van der Waals surface area contributed by atoms with Gasteiger partial charge < -0.3 is 10.2 Å². The van der Waals surface area contributed by atoms with Crippen LogP contribution in [-0.4, -0.2) is 53.5 Å². The van der Waals surface area contributed by atoms with Crippen LogP contribution in [0.2, 0.25) is 0 Å². The van der Waals surface area contributed by atoms with Crippen LogP contribution >= 0.6 is 11.8 Å². The van der Waals surface area contributed by atoms with Crippen LogP contribution in [0.4, 0.5) is 0 Å². The van der Waals surface area contributed by atoms with E-state index in [1.165, 1.54) is 12.8 Å². The first-order valence-electron chi connectivity index (χ1n) is 8.51. The molecule has 3 aliphatic rings. The maximum atomic E-state index is 12.5. The van der Waals surface area contributed by atoms with Crippen molar-refractivity contribution < 1.29 is 9.59 Å². The van der Waals surface area contributed by atoms with Crippen molar-refractivity contribution in [1.82, 2.24) is 15.5 Å². The van der Waals surface area contributed by atoms with E-state index in [0.717, 1.165) is 50.9 Å². The van der Waals surface area contributed by atoms with Crippen molar-refractivity contribution in [2.24, 2.45) is 5.92 Å². The molecule has 0 radical (unpaired) electrons. The fourth-order valence-electron chi connectivity index (χ4n) is 4.01. The van der Waals surface area contributed by atoms with E-state index in [1.807, 2.05) is 4.90 Å². The molecule has 1 aliphatic carbocycles. The minimum Gasteiger partial charge on any atom is -0.342 e. The number of likely N-dealkylation sites (tertiary alicyclic amines) is 1. The molecule has 2 heterocycles. The Balaban J connectivity index is 1.53. The van der Waals surface area contributed by atoms with Gasteiger partial charge in [-0.25, -0.2) is 0 Å². The van der Waals surface area contributed by atoms with Gasteiger partial charge in [0.2, 0.25) is 11.8 Å². The second kappa shape index (κ2) is 6.79. The third-order valence-corrected chi connectivity index (χ3v) is 6.02. The Morgan fingerprint density at radius 1 is 1.32 bits per heavy atom. The SMILES string of the molecule is CSCCC1NC2(CCN(C(=O)C3CCCC3)CC2)NC1=O. The minimum atomic E-state index is -0.271. The number of nitrogens with zero attached hydrogens (tertiary/aromatic N) is 1. The van der Waals surface area contributed by atoms with Gasteiger partial charge in [0.15, 0.2) is 0 Å². The Bertz CT molecular complexity index is 429. The zero-order valence-electron chi connectivity index (χ0n) is 13.4. The third kappa shape index (κ3) is 3.27. The summed E-state index contributed by atoms with van der Waals surface area (Å²) in [5, 5.41) is 6.67. The Hall–Kier alpha value is -0.750. The number of hydrogen-bond donors (Lipinski definition) is 2. The van der Waals surface area contributed by atoms with Crippen LogP contribution < -0.4 is 10.6 Å². The molecule has 6 heteroatoms. The van der Waals surface area contributed by atoms with Crippen molar-refractivity contribution in [3.8, 4) is 0 Å². The molecule has 1 atom stereocenters. The number of hydrogen-bond acceptors (Lipinski definition) is 4. The molecule has 5 nitrogen and oxygen atoms in total. The van der Waals surface area contributed by atoms with E-state index in [2.05, 4.69) is 16.9 Å². The minimum absolute atomic E-state index is 0.0652. The first kappa shape index (κ1) is 16.1. The van der Waals surface area contributed by atoms with Crippen LogP contribution in [0.3, 0.4) is 0 Å². The molecule has 0 aromatic rings. The Kier molecular flexibility index (Phi) is 4.97. The molecular weight excluding hydrogens is 298 g/mol. The van der Waals surface area contributed by atoms with Crippen LogP contribution in [-0.2, 0) is 9.59 Å². The molecule has 2 amide bonds. The van der Waals surface area contributed by atoms with Gasteiger partial charge in [-0.15, -0.1) is 0 Å². The standard InChI is InChI=1S/C16H27N3O2S/c1-22-11-6-13-14(20)18-16(17-13)7-9-19(10-8-16)15(21)12-4-2-3-5-12/h12-13,17H,2-11H2,1H3,(H,18,20). The van der Waals surface area contributed by atoms with Gasteiger partial charge in [-0.2, -0.15) is 11.8 Å². The van der Waals surface area contributed by atoms with Gasteiger partial charge in [0.05, 0.1) is 11.7 Å². The normalized spacial score (nSPS) is 28.3. The van der Waals surface area contributed by atoms with Crippen molar-refractivity contribution in [3.05, 3.63) is 0 Å². The maximum Gasteiger partial charge on any atom is 0.238 e. The highest BCUT2D eigenvalue weighted by atomic mass is 32.2. The van der Waals surface area contributed by atoms with Crippen molar-refractivity contribution >= 4 is 23.6 Å². The molecule has 22 heavy (non-hydrogen) atoms. The molecule has 1 unspecified atom stereocenters. The third-order valence-electron chi connectivity index (χ3n) is 5.37. The fraction of sp³-hybridized carbons (Fsp3) is 0.875. The Morgan fingerprint density at radius 2 is 2.00 bits per heavy atom. The molecule has 3 fully saturated rings. The summed E-state index contributed by atoms with van der Waals surface area (Å²) in [7, 11) is 0. The molecule has 3 rings (SSSR count). The Labute approximate surface area is 137 Å². The van der Waals surface area contributed by atoms with E-state index in [0.29, 0.717) is 5.91 Å². The summed E-state index contributed by atoms with van der Waals surface area (Å²) in [6, 6.07) is -0.0652. The van der Waals surface area contributed by atoms with Gasteiger partial charge >= 0.3 is 0 Å². The summed E-state index contributed by atoms with van der Waals surface area (Å²) in [6.45, 7) is 1.52. The van der Waals surface area contributed by atoms with Crippen LogP contribution in [0.1, 0.15) is 44.9 Å². The highest BCUT2D eigenvalue weighted by Crippen LogP contribution is 2.30. The highest BCUT2D eigenvalue weighted by Gasteiger charge is 2.45. The lowest BCUT2D eigenvalue weighted by atomic mass is 9.96. The van der Waals surface area contributed by atoms with E-state index in [-0.39, 0.29) is 23.5 Å². The monoisotopic (exact) mass is 325 g/mol. The van der Waals surface area contributed by atoms with Gasteiger partial charge in [-0.1, -0.05) is 12.8 Å². The fourth-order valence-corrected chi connectivity index (χ4v) is 4.48. The van der Waals surface area contributed by atoms with E-state index in [9.17, 15) is 9.59 Å². The molecule has 124 valence electrons. The molecule has 1 saturated carbocycles. The average Bonchev–Trinajstić information content (AvgIpc) is 3.14. The Morgan fingerprint density at radius 3 is 2.64 bits per heavy atom. The molecule has 2 saturated heterocycles. The molecule has 2 aliphatic heterocycles. The smallest absolute Gasteiger partial charge is 0.238 e. The molecule has 1 spiro atoms. The van der Waals surface area contributed by atoms with Crippen LogP contribution in [0.25, 0.3) is 0 Å². The van der Waals surface area contributed by atoms with E-state index < -0.39 is 0 Å². The van der Waals surface area contributed by atoms with Crippen LogP contribution in [0.15, 0.2) is 0 Å². The molecule has 0 aromatic carbocycles. The van der Waals surface area contributed by atoms with Crippen molar-refractivity contribution in [3.63, 3.8) is 0 Å². The summed E-state index contributed by atoms with van der Waals surface area (Å²) >= 11 is 1.77. The summed E-state index contributed by atoms with van der Waals surface area (Å²) in [4.78, 5) is 26.6. The summed E-state index contributed by atoms with van der Waals surface area (Å²) in [5.41, 5.74) is -0.271. The van der Waals surface area contributed by atoms with Crippen molar-refractivity contribution in [2.45, 2.75) is 56.7 Å². The lowest BCUT2D eigenvalue weighted by Crippen LogP contribution is -2.58. The molecular formula is C16H27N3O2S. The largest absolute Gasteiger partial charge is 0.342 e. The second-order valence-electron chi connectivity index (χ2n) is 6.86. The number of piperidine rings is 1. The lowest BCUT2D eigenvalue weighted by Gasteiger charge is -2.40. The van der Waals surface area contributed by atoms with Gasteiger partial charge in [0.1, 0.15) is 0 Å². The predicted octanol–water partition coefficient (Wildman–Crippen LogP) is 1.34. The highest BCUT2D eigenvalue weighted by molar-refractivity contribution is 7.98. The van der Waals surface area contributed by atoms with E-state index in [4.69, 9.17) is 0 Å². The van der Waals surface area contributed by atoms with Gasteiger partial charge in [-0.05, 0) is 31.3 Å². The maximum absolute atomic E-state index is 12.5. The predicted molar refractivity (Wildman–Crippen MR) is 88.6 cm³/mol. The van der Waals surface area contributed by atoms with Crippen molar-refractivity contribution in [1.29, 1.82) is 0 Å². The first-order chi connectivity index (χ1) is 10.6. The van der Waals surface area contributed by atoms with Crippen LogP contribution in [0.5, 0.6) is 0 Å². The van der Waals surface area contributed by atoms with E-state index in [1.54, 1.807) is 11.8 Å². The summed E-state index contributed by atoms with van der Waals surface area (Å²) < 4.78 is 0. The number of thioether (sulfide) groups is 1. The second-order valence-corrected chi connectivity index (χ2v) is 7.84. The quantitative estimate of drug-likeness (QED) is 0.819. The lowest BCUT2D eigenvalue weighted by molar-refractivity contribution is -0.137. The van der Waals surface area contributed by atoms with Crippen molar-refractivity contribution in [2.75, 3.05) is 25.1 Å². The zero-order valence-corrected chi connectivity index (χ0v) is 14.2. The topological polar surface area (TPSA) is 61.4 Å². The number of rotatable bonds is 4. The number of amides is 2. The number of carbonyl (C=O) groups excluding carboxylic acids is 2. The average molecular weight is 325 g/mol. The van der Waals surface area contributed by atoms with Gasteiger partial charge in [-0.3, -0.25) is 14.9 Å². The number of nitrogens with one attached hydrogen (secondary N) is 2. The summed E-state index contributed by atoms with van der Waals surface area (Å²) in [5.74, 6) is 1.72. The van der Waals surface area contributed by atoms with Crippen LogP contribution in [0, 0.1) is 5.92 Å². The molecule has 0 bridgehead atoms.